The summed E-state index contributed by atoms with van der Waals surface area (Å²) in [6.07, 6.45) is 2.23. The predicted octanol–water partition coefficient (Wildman–Crippen LogP) is 3.72. The van der Waals surface area contributed by atoms with E-state index in [-0.39, 0.29) is 11.8 Å². The van der Waals surface area contributed by atoms with Crippen LogP contribution in [0.25, 0.3) is 6.08 Å². The molecular weight excluding hydrogens is 392 g/mol. The summed E-state index contributed by atoms with van der Waals surface area (Å²) >= 11 is 3.49. The highest BCUT2D eigenvalue weighted by Crippen LogP contribution is 2.32. The molecule has 0 spiro atoms. The third-order valence-electron chi connectivity index (χ3n) is 4.98. The molecule has 2 aromatic rings. The maximum Gasteiger partial charge on any atom is 0.271 e. The van der Waals surface area contributed by atoms with Crippen molar-refractivity contribution in [2.45, 2.75) is 18.9 Å². The van der Waals surface area contributed by atoms with Gasteiger partial charge in [-0.05, 0) is 30.2 Å². The SMILES string of the molecule is CN1C(=O)C(C)(Cc2ccccc2)N(C)C(=O)/C1=C/c1ccccc1Br. The van der Waals surface area contributed by atoms with Crippen LogP contribution >= 0.6 is 15.9 Å². The molecule has 0 aromatic heterocycles. The van der Waals surface area contributed by atoms with Gasteiger partial charge in [0.15, 0.2) is 0 Å². The molecule has 1 saturated heterocycles. The molecule has 1 unspecified atom stereocenters. The van der Waals surface area contributed by atoms with Gasteiger partial charge in [0.1, 0.15) is 11.2 Å². The lowest BCUT2D eigenvalue weighted by atomic mass is 9.87. The van der Waals surface area contributed by atoms with Crippen molar-refractivity contribution in [3.8, 4) is 0 Å². The van der Waals surface area contributed by atoms with Gasteiger partial charge in [0.2, 0.25) is 0 Å². The lowest BCUT2D eigenvalue weighted by Gasteiger charge is -2.45. The Hall–Kier alpha value is -2.40. The molecule has 1 fully saturated rings. The third kappa shape index (κ3) is 3.19. The number of hydrogen-bond donors (Lipinski definition) is 0. The number of rotatable bonds is 3. The Morgan fingerprint density at radius 1 is 1.00 bits per heavy atom. The molecule has 4 nitrogen and oxygen atoms in total. The standard InChI is InChI=1S/C21H21BrN2O2/c1-21(14-15-9-5-4-6-10-15)20(26)23(2)18(19(25)24(21)3)13-16-11-7-8-12-17(16)22/h4-13H,14H2,1-3H3/b18-13-. The number of benzene rings is 2. The van der Waals surface area contributed by atoms with Crippen LogP contribution in [0.1, 0.15) is 18.1 Å². The highest BCUT2D eigenvalue weighted by Gasteiger charge is 2.48. The fourth-order valence-corrected chi connectivity index (χ4v) is 3.64. The van der Waals surface area contributed by atoms with Crippen LogP contribution in [0, 0.1) is 0 Å². The van der Waals surface area contributed by atoms with E-state index in [0.29, 0.717) is 12.1 Å². The molecule has 3 rings (SSSR count). The van der Waals surface area contributed by atoms with Crippen molar-refractivity contribution in [1.82, 2.24) is 9.80 Å². The van der Waals surface area contributed by atoms with E-state index >= 15 is 0 Å². The first kappa shape index (κ1) is 18.4. The van der Waals surface area contributed by atoms with E-state index in [9.17, 15) is 9.59 Å². The van der Waals surface area contributed by atoms with Gasteiger partial charge in [-0.1, -0.05) is 64.5 Å². The Labute approximate surface area is 162 Å². The second-order valence-electron chi connectivity index (χ2n) is 6.72. The van der Waals surface area contributed by atoms with Crippen LogP contribution in [-0.4, -0.2) is 41.2 Å². The fourth-order valence-electron chi connectivity index (χ4n) is 3.24. The van der Waals surface area contributed by atoms with Gasteiger partial charge >= 0.3 is 0 Å². The molecule has 1 heterocycles. The lowest BCUT2D eigenvalue weighted by molar-refractivity contribution is -0.155. The Morgan fingerprint density at radius 2 is 1.62 bits per heavy atom. The van der Waals surface area contributed by atoms with Gasteiger partial charge in [-0.2, -0.15) is 0 Å². The average molecular weight is 413 g/mol. The fraction of sp³-hybridized carbons (Fsp3) is 0.238. The first-order valence-electron chi connectivity index (χ1n) is 8.41. The molecule has 0 aliphatic carbocycles. The molecule has 1 aliphatic heterocycles. The Morgan fingerprint density at radius 3 is 2.27 bits per heavy atom. The van der Waals surface area contributed by atoms with Crippen molar-refractivity contribution in [2.24, 2.45) is 0 Å². The molecule has 0 N–H and O–H groups in total. The summed E-state index contributed by atoms with van der Waals surface area (Å²) in [4.78, 5) is 29.3. The summed E-state index contributed by atoms with van der Waals surface area (Å²) < 4.78 is 0.876. The number of halogens is 1. The summed E-state index contributed by atoms with van der Waals surface area (Å²) in [5.41, 5.74) is 1.33. The predicted molar refractivity (Wildman–Crippen MR) is 106 cm³/mol. The summed E-state index contributed by atoms with van der Waals surface area (Å²) in [6.45, 7) is 1.83. The largest absolute Gasteiger partial charge is 0.326 e. The molecule has 0 bridgehead atoms. The summed E-state index contributed by atoms with van der Waals surface area (Å²) in [5.74, 6) is -0.261. The Bertz CT molecular complexity index is 879. The van der Waals surface area contributed by atoms with Gasteiger partial charge in [-0.15, -0.1) is 0 Å². The van der Waals surface area contributed by atoms with Gasteiger partial charge in [-0.3, -0.25) is 9.59 Å². The van der Waals surface area contributed by atoms with E-state index in [4.69, 9.17) is 0 Å². The number of likely N-dealkylation sites (N-methyl/N-ethyl adjacent to an activating group) is 2. The summed E-state index contributed by atoms with van der Waals surface area (Å²) in [5, 5.41) is 0. The van der Waals surface area contributed by atoms with Gasteiger partial charge in [0.25, 0.3) is 11.8 Å². The van der Waals surface area contributed by atoms with Crippen LogP contribution in [0.15, 0.2) is 64.8 Å². The molecule has 26 heavy (non-hydrogen) atoms. The van der Waals surface area contributed by atoms with E-state index in [1.807, 2.05) is 61.5 Å². The van der Waals surface area contributed by atoms with Crippen molar-refractivity contribution in [3.05, 3.63) is 75.9 Å². The minimum absolute atomic E-state index is 0.0956. The van der Waals surface area contributed by atoms with Crippen molar-refractivity contribution >= 4 is 33.8 Å². The van der Waals surface area contributed by atoms with E-state index in [1.54, 1.807) is 25.1 Å². The van der Waals surface area contributed by atoms with Crippen molar-refractivity contribution in [2.75, 3.05) is 14.1 Å². The van der Waals surface area contributed by atoms with E-state index < -0.39 is 5.54 Å². The number of nitrogens with zero attached hydrogens (tertiary/aromatic N) is 2. The minimum Gasteiger partial charge on any atom is -0.326 e. The normalized spacial score (nSPS) is 22.2. The highest BCUT2D eigenvalue weighted by atomic mass is 79.9. The summed E-state index contributed by atoms with van der Waals surface area (Å²) in [7, 11) is 3.36. The lowest BCUT2D eigenvalue weighted by Crippen LogP contribution is -2.64. The molecule has 1 aliphatic rings. The second-order valence-corrected chi connectivity index (χ2v) is 7.57. The number of hydrogen-bond acceptors (Lipinski definition) is 2. The van der Waals surface area contributed by atoms with Crippen LogP contribution in [0.3, 0.4) is 0 Å². The maximum atomic E-state index is 13.2. The zero-order chi connectivity index (χ0) is 18.9. The molecule has 134 valence electrons. The third-order valence-corrected chi connectivity index (χ3v) is 5.70. The van der Waals surface area contributed by atoms with Gasteiger partial charge in [-0.25, -0.2) is 0 Å². The topological polar surface area (TPSA) is 40.6 Å². The monoisotopic (exact) mass is 412 g/mol. The highest BCUT2D eigenvalue weighted by molar-refractivity contribution is 9.10. The minimum atomic E-state index is -0.918. The van der Waals surface area contributed by atoms with Crippen molar-refractivity contribution in [3.63, 3.8) is 0 Å². The zero-order valence-electron chi connectivity index (χ0n) is 15.1. The van der Waals surface area contributed by atoms with Crippen molar-refractivity contribution < 1.29 is 9.59 Å². The van der Waals surface area contributed by atoms with Crippen LogP contribution in [-0.2, 0) is 16.0 Å². The molecule has 1 atom stereocenters. The number of carbonyl (C=O) groups is 2. The molecule has 5 heteroatoms. The van der Waals surface area contributed by atoms with Crippen LogP contribution in [0.4, 0.5) is 0 Å². The quantitative estimate of drug-likeness (QED) is 0.720. The second kappa shape index (κ2) is 7.08. The number of carbonyl (C=O) groups excluding carboxylic acids is 2. The first-order valence-corrected chi connectivity index (χ1v) is 9.20. The first-order chi connectivity index (χ1) is 12.3. The number of amides is 2. The van der Waals surface area contributed by atoms with Crippen LogP contribution in [0.2, 0.25) is 0 Å². The maximum absolute atomic E-state index is 13.2. The smallest absolute Gasteiger partial charge is 0.271 e. The number of piperazine rings is 1. The average Bonchev–Trinajstić information content (AvgIpc) is 2.65. The zero-order valence-corrected chi connectivity index (χ0v) is 16.7. The molecular formula is C21H21BrN2O2. The molecule has 0 radical (unpaired) electrons. The Balaban J connectivity index is 1.98. The van der Waals surface area contributed by atoms with Crippen LogP contribution in [0.5, 0.6) is 0 Å². The van der Waals surface area contributed by atoms with Gasteiger partial charge < -0.3 is 9.80 Å². The summed E-state index contributed by atoms with van der Waals surface area (Å²) in [6, 6.07) is 17.4. The molecule has 2 aromatic carbocycles. The van der Waals surface area contributed by atoms with E-state index in [1.165, 1.54) is 4.90 Å². The van der Waals surface area contributed by atoms with E-state index in [2.05, 4.69) is 15.9 Å². The molecule has 0 saturated carbocycles. The van der Waals surface area contributed by atoms with Crippen LogP contribution < -0.4 is 0 Å². The van der Waals surface area contributed by atoms with Gasteiger partial charge in [0, 0.05) is 25.0 Å². The van der Waals surface area contributed by atoms with Gasteiger partial charge in [0.05, 0.1) is 0 Å². The Kier molecular flexibility index (Phi) is 5.01. The molecule has 2 amide bonds. The van der Waals surface area contributed by atoms with Crippen molar-refractivity contribution in [1.29, 1.82) is 0 Å². The van der Waals surface area contributed by atoms with E-state index in [0.717, 1.165) is 15.6 Å².